The van der Waals surface area contributed by atoms with Crippen molar-refractivity contribution in [2.75, 3.05) is 6.61 Å². The molecule has 0 amide bonds. The molecule has 0 aromatic carbocycles. The minimum Gasteiger partial charge on any atom is -0.462 e. The number of esters is 4. The van der Waals surface area contributed by atoms with Gasteiger partial charge in [-0.2, -0.15) is 0 Å². The van der Waals surface area contributed by atoms with E-state index in [1.54, 1.807) is 0 Å². The highest BCUT2D eigenvalue weighted by Crippen LogP contribution is 2.38. The predicted octanol–water partition coefficient (Wildman–Crippen LogP) is 2.28. The van der Waals surface area contributed by atoms with Gasteiger partial charge in [0.2, 0.25) is 0 Å². The molecule has 32 heavy (non-hydrogen) atoms. The molecule has 0 aromatic heterocycles. The van der Waals surface area contributed by atoms with Crippen LogP contribution in [-0.2, 0) is 38.1 Å². The van der Waals surface area contributed by atoms with Gasteiger partial charge in [0.05, 0.1) is 11.2 Å². The van der Waals surface area contributed by atoms with Crippen LogP contribution in [0.3, 0.4) is 0 Å². The van der Waals surface area contributed by atoms with Crippen molar-refractivity contribution in [3.63, 3.8) is 0 Å². The van der Waals surface area contributed by atoms with Gasteiger partial charge < -0.3 is 24.1 Å². The summed E-state index contributed by atoms with van der Waals surface area (Å²) in [7, 11) is 0. The lowest BCUT2D eigenvalue weighted by Crippen LogP contribution is -2.35. The van der Waals surface area contributed by atoms with E-state index in [4.69, 9.17) is 18.9 Å². The molecule has 0 radical (unpaired) electrons. The van der Waals surface area contributed by atoms with Gasteiger partial charge >= 0.3 is 23.9 Å². The van der Waals surface area contributed by atoms with E-state index in [0.29, 0.717) is 6.42 Å². The Morgan fingerprint density at radius 3 is 2.44 bits per heavy atom. The normalized spacial score (nSPS) is 29.8. The van der Waals surface area contributed by atoms with Gasteiger partial charge in [0.1, 0.15) is 24.6 Å². The Morgan fingerprint density at radius 1 is 1.22 bits per heavy atom. The van der Waals surface area contributed by atoms with Crippen molar-refractivity contribution in [1.29, 1.82) is 0 Å². The van der Waals surface area contributed by atoms with Crippen molar-refractivity contribution in [3.05, 3.63) is 35.1 Å². The van der Waals surface area contributed by atoms with E-state index in [-0.39, 0.29) is 47.8 Å². The molecule has 1 aliphatic carbocycles. The van der Waals surface area contributed by atoms with Gasteiger partial charge in [0.25, 0.3) is 0 Å². The molecule has 4 atom stereocenters. The van der Waals surface area contributed by atoms with Crippen LogP contribution in [0.15, 0.2) is 35.1 Å². The topological polar surface area (TPSA) is 125 Å². The van der Waals surface area contributed by atoms with Crippen molar-refractivity contribution >= 4 is 23.9 Å². The molecule has 0 aromatic rings. The maximum atomic E-state index is 12.6. The number of fused-ring (bicyclic) bond motifs is 1. The Labute approximate surface area is 187 Å². The van der Waals surface area contributed by atoms with Gasteiger partial charge in [0, 0.05) is 25.0 Å². The Kier molecular flexibility index (Phi) is 8.01. The second-order valence-electron chi connectivity index (χ2n) is 8.50. The smallest absolute Gasteiger partial charge is 0.343 e. The molecule has 2 aliphatic rings. The first-order valence-corrected chi connectivity index (χ1v) is 10.4. The molecule has 1 heterocycles. The summed E-state index contributed by atoms with van der Waals surface area (Å²) in [6, 6.07) is 0. The SMILES string of the molecule is C=C(C)C(=O)O[C@H]1C[C@H](C)[C@@H](OC(C)=O)CC[C@@](C)(O)/C=C2/OC(=O)C(COC(C)=O)=C21. The summed E-state index contributed by atoms with van der Waals surface area (Å²) in [5, 5.41) is 10.9. The molecule has 9 nitrogen and oxygen atoms in total. The standard InChI is InChI=1S/C23H30O9/c1-12(2)21(26)31-18-9-13(3)17(30-15(5)25)7-8-23(6,28)10-19-20(18)16(22(27)32-19)11-29-14(4)24/h10,13,17-18,28H,1,7-9,11H2,2-6H3/b19-10+/t13-,17-,18-,23+/m0/s1. The molecule has 9 heteroatoms. The van der Waals surface area contributed by atoms with Gasteiger partial charge in [-0.3, -0.25) is 9.59 Å². The van der Waals surface area contributed by atoms with Crippen LogP contribution in [0.4, 0.5) is 0 Å². The first-order chi connectivity index (χ1) is 14.8. The zero-order valence-electron chi connectivity index (χ0n) is 19.1. The Bertz CT molecular complexity index is 878. The maximum Gasteiger partial charge on any atom is 0.343 e. The van der Waals surface area contributed by atoms with Gasteiger partial charge in [0.15, 0.2) is 0 Å². The van der Waals surface area contributed by atoms with Crippen LogP contribution in [0.1, 0.15) is 53.9 Å². The van der Waals surface area contributed by atoms with Crippen LogP contribution in [0.25, 0.3) is 0 Å². The van der Waals surface area contributed by atoms with Crippen LogP contribution in [0.2, 0.25) is 0 Å². The van der Waals surface area contributed by atoms with Gasteiger partial charge in [-0.05, 0) is 45.1 Å². The minimum absolute atomic E-state index is 0.0126. The molecule has 0 spiro atoms. The second-order valence-corrected chi connectivity index (χ2v) is 8.50. The number of ether oxygens (including phenoxy) is 4. The van der Waals surface area contributed by atoms with Gasteiger partial charge in [-0.15, -0.1) is 0 Å². The predicted molar refractivity (Wildman–Crippen MR) is 112 cm³/mol. The van der Waals surface area contributed by atoms with Crippen molar-refractivity contribution < 1.29 is 43.2 Å². The molecular formula is C23H30O9. The van der Waals surface area contributed by atoms with Gasteiger partial charge in [-0.1, -0.05) is 13.5 Å². The zero-order chi connectivity index (χ0) is 24.2. The second kappa shape index (κ2) is 10.1. The molecule has 2 rings (SSSR count). The van der Waals surface area contributed by atoms with E-state index < -0.39 is 41.7 Å². The molecule has 0 bridgehead atoms. The molecule has 0 unspecified atom stereocenters. The van der Waals surface area contributed by atoms with Gasteiger partial charge in [-0.25, -0.2) is 9.59 Å². The van der Waals surface area contributed by atoms with Crippen molar-refractivity contribution in [3.8, 4) is 0 Å². The highest BCUT2D eigenvalue weighted by molar-refractivity contribution is 5.96. The van der Waals surface area contributed by atoms with Crippen molar-refractivity contribution in [2.24, 2.45) is 5.92 Å². The summed E-state index contributed by atoms with van der Waals surface area (Å²) in [4.78, 5) is 48.0. The maximum absolute atomic E-state index is 12.6. The third-order valence-corrected chi connectivity index (χ3v) is 5.29. The van der Waals surface area contributed by atoms with Crippen LogP contribution in [-0.4, -0.2) is 53.4 Å². The third-order valence-electron chi connectivity index (χ3n) is 5.29. The molecule has 0 saturated heterocycles. The fraction of sp³-hybridized carbons (Fsp3) is 0.565. The van der Waals surface area contributed by atoms with E-state index in [1.165, 1.54) is 33.8 Å². The van der Waals surface area contributed by atoms with E-state index in [0.717, 1.165) is 0 Å². The van der Waals surface area contributed by atoms with E-state index >= 15 is 0 Å². The molecule has 176 valence electrons. The van der Waals surface area contributed by atoms with Crippen LogP contribution in [0, 0.1) is 5.92 Å². The lowest BCUT2D eigenvalue weighted by atomic mass is 9.84. The molecular weight excluding hydrogens is 420 g/mol. The van der Waals surface area contributed by atoms with E-state index in [9.17, 15) is 24.3 Å². The fourth-order valence-corrected chi connectivity index (χ4v) is 3.65. The number of carbonyl (C=O) groups excluding carboxylic acids is 4. The summed E-state index contributed by atoms with van der Waals surface area (Å²) in [5.74, 6) is -2.79. The molecule has 0 saturated carbocycles. The van der Waals surface area contributed by atoms with E-state index in [1.807, 2.05) is 6.92 Å². The number of aliphatic hydroxyl groups is 1. The lowest BCUT2D eigenvalue weighted by molar-refractivity contribution is -0.152. The van der Waals surface area contributed by atoms with Crippen molar-refractivity contribution in [2.45, 2.75) is 71.7 Å². The first kappa shape index (κ1) is 25.3. The largest absolute Gasteiger partial charge is 0.462 e. The monoisotopic (exact) mass is 450 g/mol. The fourth-order valence-electron chi connectivity index (χ4n) is 3.65. The van der Waals surface area contributed by atoms with Crippen LogP contribution >= 0.6 is 0 Å². The highest BCUT2D eigenvalue weighted by Gasteiger charge is 2.41. The molecule has 1 aliphatic heterocycles. The van der Waals surface area contributed by atoms with Crippen LogP contribution < -0.4 is 0 Å². The average molecular weight is 450 g/mol. The summed E-state index contributed by atoms with van der Waals surface area (Å²) in [5.41, 5.74) is -1.05. The van der Waals surface area contributed by atoms with Crippen molar-refractivity contribution in [1.82, 2.24) is 0 Å². The molecule has 0 fully saturated rings. The number of rotatable bonds is 5. The Balaban J connectivity index is 2.62. The zero-order valence-corrected chi connectivity index (χ0v) is 19.1. The number of hydrogen-bond donors (Lipinski definition) is 1. The quantitative estimate of drug-likeness (QED) is 0.381. The summed E-state index contributed by atoms with van der Waals surface area (Å²) in [6.07, 6.45) is 0.556. The first-order valence-electron chi connectivity index (χ1n) is 10.4. The summed E-state index contributed by atoms with van der Waals surface area (Å²) in [6.45, 7) is 10.5. The molecule has 1 N–H and O–H groups in total. The Hall–Kier alpha value is -2.94. The van der Waals surface area contributed by atoms with Crippen LogP contribution in [0.5, 0.6) is 0 Å². The average Bonchev–Trinajstić information content (AvgIpc) is 2.95. The van der Waals surface area contributed by atoms with E-state index in [2.05, 4.69) is 6.58 Å². The third kappa shape index (κ3) is 6.53. The number of carbonyl (C=O) groups is 4. The number of hydrogen-bond acceptors (Lipinski definition) is 9. The highest BCUT2D eigenvalue weighted by atomic mass is 16.6. The minimum atomic E-state index is -1.42. The summed E-state index contributed by atoms with van der Waals surface area (Å²) < 4.78 is 21.5. The Morgan fingerprint density at radius 2 is 1.88 bits per heavy atom. The summed E-state index contributed by atoms with van der Waals surface area (Å²) >= 11 is 0. The lowest BCUT2D eigenvalue weighted by Gasteiger charge is -2.32.